The third kappa shape index (κ3) is 1.88. The zero-order valence-electron chi connectivity index (χ0n) is 9.38. The standard InChI is InChI=1S/C10H19N3O3/c14-7-5-12-9-3-1-2-4-11(9)10(16)13(12)6-8-15/h9,14-15H,1-8H2. The molecule has 0 aromatic rings. The lowest BCUT2D eigenvalue weighted by Crippen LogP contribution is -2.46. The fourth-order valence-corrected chi connectivity index (χ4v) is 2.56. The molecule has 2 saturated heterocycles. The molecule has 2 amide bonds. The number of carbonyl (C=O) groups is 1. The largest absolute Gasteiger partial charge is 0.395 e. The van der Waals surface area contributed by atoms with Crippen LogP contribution in [0.4, 0.5) is 4.79 Å². The number of urea groups is 1. The van der Waals surface area contributed by atoms with E-state index in [2.05, 4.69) is 0 Å². The zero-order valence-corrected chi connectivity index (χ0v) is 9.38. The Morgan fingerprint density at radius 3 is 2.62 bits per heavy atom. The van der Waals surface area contributed by atoms with E-state index in [0.29, 0.717) is 13.1 Å². The fourth-order valence-electron chi connectivity index (χ4n) is 2.56. The number of hydrazine groups is 1. The van der Waals surface area contributed by atoms with Crippen molar-refractivity contribution in [1.29, 1.82) is 0 Å². The number of aliphatic hydroxyl groups excluding tert-OH is 2. The molecule has 0 aromatic carbocycles. The third-order valence-corrected chi connectivity index (χ3v) is 3.23. The van der Waals surface area contributed by atoms with Gasteiger partial charge in [-0.2, -0.15) is 5.01 Å². The maximum absolute atomic E-state index is 12.0. The van der Waals surface area contributed by atoms with Crippen LogP contribution < -0.4 is 0 Å². The van der Waals surface area contributed by atoms with E-state index in [9.17, 15) is 4.79 Å². The van der Waals surface area contributed by atoms with Crippen molar-refractivity contribution in [3.63, 3.8) is 0 Å². The van der Waals surface area contributed by atoms with Gasteiger partial charge in [-0.15, -0.1) is 0 Å². The summed E-state index contributed by atoms with van der Waals surface area (Å²) in [6.45, 7) is 1.53. The van der Waals surface area contributed by atoms with Crippen LogP contribution in [0.5, 0.6) is 0 Å². The van der Waals surface area contributed by atoms with Crippen molar-refractivity contribution in [2.45, 2.75) is 25.4 Å². The Morgan fingerprint density at radius 1 is 1.19 bits per heavy atom. The van der Waals surface area contributed by atoms with E-state index >= 15 is 0 Å². The molecular formula is C10H19N3O3. The Hall–Kier alpha value is -0.850. The smallest absolute Gasteiger partial charge is 0.336 e. The third-order valence-electron chi connectivity index (χ3n) is 3.23. The highest BCUT2D eigenvalue weighted by Crippen LogP contribution is 2.28. The first kappa shape index (κ1) is 11.6. The van der Waals surface area contributed by atoms with Gasteiger partial charge in [-0.05, 0) is 19.3 Å². The molecule has 0 aromatic heterocycles. The number of nitrogens with zero attached hydrogens (tertiary/aromatic N) is 3. The van der Waals surface area contributed by atoms with Crippen LogP contribution in [0, 0.1) is 0 Å². The molecule has 2 fully saturated rings. The van der Waals surface area contributed by atoms with Crippen molar-refractivity contribution in [2.75, 3.05) is 32.8 Å². The van der Waals surface area contributed by atoms with Gasteiger partial charge in [0.25, 0.3) is 0 Å². The Balaban J connectivity index is 2.13. The number of rotatable bonds is 4. The summed E-state index contributed by atoms with van der Waals surface area (Å²) in [5.74, 6) is 0. The molecule has 0 spiro atoms. The van der Waals surface area contributed by atoms with Gasteiger partial charge in [-0.1, -0.05) is 0 Å². The molecule has 2 rings (SSSR count). The normalized spacial score (nSPS) is 26.4. The lowest BCUT2D eigenvalue weighted by atomic mass is 10.1. The number of fused-ring (bicyclic) bond motifs is 1. The van der Waals surface area contributed by atoms with E-state index in [1.165, 1.54) is 0 Å². The Labute approximate surface area is 95.0 Å². The summed E-state index contributed by atoms with van der Waals surface area (Å²) in [5, 5.41) is 21.4. The summed E-state index contributed by atoms with van der Waals surface area (Å²) >= 11 is 0. The van der Waals surface area contributed by atoms with E-state index in [0.717, 1.165) is 25.8 Å². The molecule has 0 saturated carbocycles. The summed E-state index contributed by atoms with van der Waals surface area (Å²) in [7, 11) is 0. The van der Waals surface area contributed by atoms with Crippen molar-refractivity contribution < 1.29 is 15.0 Å². The maximum Gasteiger partial charge on any atom is 0.336 e. The van der Waals surface area contributed by atoms with Gasteiger partial charge in [0, 0.05) is 13.1 Å². The summed E-state index contributed by atoms with van der Waals surface area (Å²) in [5.41, 5.74) is 0. The Morgan fingerprint density at radius 2 is 1.94 bits per heavy atom. The molecule has 2 heterocycles. The first-order chi connectivity index (χ1) is 7.79. The molecule has 1 unspecified atom stereocenters. The van der Waals surface area contributed by atoms with E-state index in [1.54, 1.807) is 5.01 Å². The van der Waals surface area contributed by atoms with Crippen LogP contribution in [0.3, 0.4) is 0 Å². The number of hydrogen-bond donors (Lipinski definition) is 2. The molecule has 6 heteroatoms. The zero-order chi connectivity index (χ0) is 11.5. The van der Waals surface area contributed by atoms with Crippen LogP contribution in [-0.2, 0) is 0 Å². The lowest BCUT2D eigenvalue weighted by molar-refractivity contribution is -0.0250. The number of hydrogen-bond acceptors (Lipinski definition) is 4. The first-order valence-corrected chi connectivity index (χ1v) is 5.86. The van der Waals surface area contributed by atoms with Gasteiger partial charge in [-0.3, -0.25) is 5.01 Å². The number of amides is 2. The molecule has 0 bridgehead atoms. The van der Waals surface area contributed by atoms with E-state index in [-0.39, 0.29) is 25.4 Å². The highest BCUT2D eigenvalue weighted by atomic mass is 16.3. The van der Waals surface area contributed by atoms with Crippen LogP contribution in [0.2, 0.25) is 0 Å². The number of β-amino-alcohol motifs (C(OH)–C–C–N with tert-alkyl or cyclic N) is 2. The van der Waals surface area contributed by atoms with Crippen LogP contribution in [-0.4, -0.2) is 70.2 Å². The average Bonchev–Trinajstić information content (AvgIpc) is 2.57. The Kier molecular flexibility index (Phi) is 3.63. The topological polar surface area (TPSA) is 67.2 Å². The monoisotopic (exact) mass is 229 g/mol. The maximum atomic E-state index is 12.0. The molecular weight excluding hydrogens is 210 g/mol. The molecule has 0 aliphatic carbocycles. The first-order valence-electron chi connectivity index (χ1n) is 5.86. The number of piperidine rings is 1. The van der Waals surface area contributed by atoms with Crippen LogP contribution in [0.15, 0.2) is 0 Å². The Bertz CT molecular complexity index is 262. The molecule has 2 aliphatic rings. The molecule has 6 nitrogen and oxygen atoms in total. The molecule has 1 atom stereocenters. The molecule has 92 valence electrons. The summed E-state index contributed by atoms with van der Waals surface area (Å²) in [6, 6.07) is -0.0350. The number of carbonyl (C=O) groups excluding carboxylic acids is 1. The highest BCUT2D eigenvalue weighted by Gasteiger charge is 2.44. The van der Waals surface area contributed by atoms with Crippen LogP contribution in [0.1, 0.15) is 19.3 Å². The minimum Gasteiger partial charge on any atom is -0.395 e. The van der Waals surface area contributed by atoms with Gasteiger partial charge >= 0.3 is 6.03 Å². The van der Waals surface area contributed by atoms with Gasteiger partial charge in [-0.25, -0.2) is 4.79 Å². The SMILES string of the molecule is O=C1N2CCCCC2N(CCO)N1CCO. The van der Waals surface area contributed by atoms with Crippen molar-refractivity contribution in [1.82, 2.24) is 14.9 Å². The second-order valence-corrected chi connectivity index (χ2v) is 4.19. The van der Waals surface area contributed by atoms with Gasteiger partial charge in [0.05, 0.1) is 19.8 Å². The lowest BCUT2D eigenvalue weighted by Gasteiger charge is -2.33. The predicted molar refractivity (Wildman–Crippen MR) is 57.3 cm³/mol. The molecule has 2 N–H and O–H groups in total. The fraction of sp³-hybridized carbons (Fsp3) is 0.900. The van der Waals surface area contributed by atoms with Gasteiger partial charge < -0.3 is 15.1 Å². The van der Waals surface area contributed by atoms with Crippen molar-refractivity contribution in [3.05, 3.63) is 0 Å². The summed E-state index contributed by atoms with van der Waals surface area (Å²) in [4.78, 5) is 13.9. The second-order valence-electron chi connectivity index (χ2n) is 4.19. The van der Waals surface area contributed by atoms with Gasteiger partial charge in [0.1, 0.15) is 6.17 Å². The minimum absolute atomic E-state index is 0.0273. The summed E-state index contributed by atoms with van der Waals surface area (Å²) < 4.78 is 0. The second kappa shape index (κ2) is 4.99. The average molecular weight is 229 g/mol. The van der Waals surface area contributed by atoms with Gasteiger partial charge in [0.15, 0.2) is 0 Å². The van der Waals surface area contributed by atoms with Crippen LogP contribution in [0.25, 0.3) is 0 Å². The van der Waals surface area contributed by atoms with Crippen LogP contribution >= 0.6 is 0 Å². The molecule has 16 heavy (non-hydrogen) atoms. The van der Waals surface area contributed by atoms with Gasteiger partial charge in [0.2, 0.25) is 0 Å². The number of aliphatic hydroxyl groups is 2. The van der Waals surface area contributed by atoms with E-state index < -0.39 is 0 Å². The molecule has 2 aliphatic heterocycles. The van der Waals surface area contributed by atoms with Crippen molar-refractivity contribution >= 4 is 6.03 Å². The van der Waals surface area contributed by atoms with E-state index in [4.69, 9.17) is 10.2 Å². The van der Waals surface area contributed by atoms with Crippen molar-refractivity contribution in [2.24, 2.45) is 0 Å². The highest BCUT2D eigenvalue weighted by molar-refractivity contribution is 5.76. The minimum atomic E-state index is -0.0474. The quantitative estimate of drug-likeness (QED) is 0.678. The van der Waals surface area contributed by atoms with E-state index in [1.807, 2.05) is 9.91 Å². The predicted octanol–water partition coefficient (Wildman–Crippen LogP) is -0.564. The van der Waals surface area contributed by atoms with Crippen molar-refractivity contribution in [3.8, 4) is 0 Å². The molecule has 0 radical (unpaired) electrons. The summed E-state index contributed by atoms with van der Waals surface area (Å²) in [6.07, 6.45) is 3.19.